The number of hydrogen-bond donors (Lipinski definition) is 3. The highest BCUT2D eigenvalue weighted by Gasteiger charge is 2.41. The molecular formula is C28H40N4OS. The molecule has 1 aliphatic carbocycles. The van der Waals surface area contributed by atoms with Gasteiger partial charge in [0.15, 0.2) is 0 Å². The van der Waals surface area contributed by atoms with Crippen molar-refractivity contribution in [2.75, 3.05) is 32.1 Å². The molecule has 34 heavy (non-hydrogen) atoms. The van der Waals surface area contributed by atoms with Crippen LogP contribution in [0.1, 0.15) is 67.0 Å². The first-order valence-electron chi connectivity index (χ1n) is 12.7. The number of rotatable bonds is 8. The lowest BCUT2D eigenvalue weighted by atomic mass is 9.72. The van der Waals surface area contributed by atoms with Crippen molar-refractivity contribution in [3.05, 3.63) is 65.2 Å². The monoisotopic (exact) mass is 480 g/mol. The molecule has 0 spiro atoms. The van der Waals surface area contributed by atoms with Gasteiger partial charge in [-0.05, 0) is 61.9 Å². The number of anilines is 1. The molecular weight excluding hydrogens is 440 g/mol. The lowest BCUT2D eigenvalue weighted by Gasteiger charge is -2.47. The molecule has 2 aromatic rings. The quantitative estimate of drug-likeness (QED) is 0.257. The smallest absolute Gasteiger partial charge is 0.0961 e. The van der Waals surface area contributed by atoms with E-state index in [9.17, 15) is 0 Å². The molecule has 0 radical (unpaired) electrons. The van der Waals surface area contributed by atoms with Crippen molar-refractivity contribution in [2.45, 2.75) is 62.5 Å². The van der Waals surface area contributed by atoms with Crippen molar-refractivity contribution < 1.29 is 4.74 Å². The van der Waals surface area contributed by atoms with Crippen LogP contribution in [0, 0.1) is 11.3 Å². The largest absolute Gasteiger partial charge is 0.378 e. The molecule has 1 unspecified atom stereocenters. The van der Waals surface area contributed by atoms with Crippen molar-refractivity contribution in [3.63, 3.8) is 0 Å². The molecule has 1 heterocycles. The lowest BCUT2D eigenvalue weighted by molar-refractivity contribution is -0.0856. The molecule has 6 heteroatoms. The summed E-state index contributed by atoms with van der Waals surface area (Å²) in [5.74, 6) is 0.728. The average molecular weight is 481 g/mol. The maximum atomic E-state index is 8.55. The van der Waals surface area contributed by atoms with Gasteiger partial charge in [-0.1, -0.05) is 67.4 Å². The predicted molar refractivity (Wildman–Crippen MR) is 145 cm³/mol. The zero-order chi connectivity index (χ0) is 24.0. The summed E-state index contributed by atoms with van der Waals surface area (Å²) in [7, 11) is 3.88. The topological polar surface area (TPSA) is 74.4 Å². The number of nitrogens with one attached hydrogen (secondary N) is 2. The van der Waals surface area contributed by atoms with Crippen LogP contribution >= 0.6 is 11.8 Å². The van der Waals surface area contributed by atoms with Gasteiger partial charge < -0.3 is 20.7 Å². The summed E-state index contributed by atoms with van der Waals surface area (Å²) in [6.45, 7) is 2.63. The zero-order valence-electron chi connectivity index (χ0n) is 20.7. The third kappa shape index (κ3) is 5.68. The van der Waals surface area contributed by atoms with E-state index in [0.29, 0.717) is 11.6 Å². The fourth-order valence-corrected chi connectivity index (χ4v) is 6.60. The van der Waals surface area contributed by atoms with E-state index in [1.54, 1.807) is 0 Å². The van der Waals surface area contributed by atoms with E-state index in [0.717, 1.165) is 43.0 Å². The van der Waals surface area contributed by atoms with Crippen molar-refractivity contribution in [1.29, 1.82) is 5.41 Å². The van der Waals surface area contributed by atoms with Gasteiger partial charge in [0.05, 0.1) is 16.0 Å². The Morgan fingerprint density at radius 2 is 1.74 bits per heavy atom. The second kappa shape index (κ2) is 11.7. The molecule has 2 fully saturated rings. The molecule has 1 saturated carbocycles. The summed E-state index contributed by atoms with van der Waals surface area (Å²) >= 11 is 1.54. The minimum Gasteiger partial charge on any atom is -0.378 e. The van der Waals surface area contributed by atoms with Crippen molar-refractivity contribution in [3.8, 4) is 0 Å². The molecule has 2 aromatic carbocycles. The standard InChI is InChI=1S/C28H40N4OS/c1-31-27(34-26(30)22-10-8-21(20-29)9-11-22)23-12-14-25(15-13-23)32-18-16-28(33-2,17-19-32)24-6-4-3-5-7-24/h8-15,24,27,30-31H,3-7,16-20,29H2,1-2H3. The van der Waals surface area contributed by atoms with Crippen LogP contribution in [-0.2, 0) is 11.3 Å². The summed E-state index contributed by atoms with van der Waals surface area (Å²) in [6, 6.07) is 16.8. The average Bonchev–Trinajstić information content (AvgIpc) is 2.92. The highest BCUT2D eigenvalue weighted by atomic mass is 32.2. The maximum Gasteiger partial charge on any atom is 0.0961 e. The van der Waals surface area contributed by atoms with E-state index in [1.807, 2.05) is 38.4 Å². The molecule has 4 rings (SSSR count). The van der Waals surface area contributed by atoms with Crippen LogP contribution in [0.25, 0.3) is 0 Å². The van der Waals surface area contributed by atoms with Gasteiger partial charge >= 0.3 is 0 Å². The van der Waals surface area contributed by atoms with Crippen LogP contribution < -0.4 is 16.0 Å². The Bertz CT molecular complexity index is 916. The maximum absolute atomic E-state index is 8.55. The molecule has 0 amide bonds. The van der Waals surface area contributed by atoms with E-state index >= 15 is 0 Å². The third-order valence-electron chi connectivity index (χ3n) is 7.88. The molecule has 1 aliphatic heterocycles. The Balaban J connectivity index is 1.36. The third-order valence-corrected chi connectivity index (χ3v) is 9.09. The molecule has 2 aliphatic rings. The van der Waals surface area contributed by atoms with Gasteiger partial charge in [-0.2, -0.15) is 0 Å². The van der Waals surface area contributed by atoms with E-state index < -0.39 is 0 Å². The molecule has 0 aromatic heterocycles. The Morgan fingerprint density at radius 1 is 1.09 bits per heavy atom. The summed E-state index contributed by atoms with van der Waals surface area (Å²) < 4.78 is 6.19. The van der Waals surface area contributed by atoms with Crippen molar-refractivity contribution in [1.82, 2.24) is 5.32 Å². The van der Waals surface area contributed by atoms with E-state index in [-0.39, 0.29) is 11.0 Å². The number of ether oxygens (including phenoxy) is 1. The summed E-state index contributed by atoms with van der Waals surface area (Å²) in [5, 5.41) is 12.5. The van der Waals surface area contributed by atoms with Gasteiger partial charge in [0.25, 0.3) is 0 Å². The van der Waals surface area contributed by atoms with Crippen LogP contribution in [0.15, 0.2) is 48.5 Å². The fraction of sp³-hybridized carbons (Fsp3) is 0.536. The van der Waals surface area contributed by atoms with Crippen LogP contribution in [-0.4, -0.2) is 37.9 Å². The highest BCUT2D eigenvalue weighted by molar-refractivity contribution is 8.14. The van der Waals surface area contributed by atoms with E-state index in [4.69, 9.17) is 15.9 Å². The van der Waals surface area contributed by atoms with Gasteiger partial charge in [-0.25, -0.2) is 0 Å². The highest BCUT2D eigenvalue weighted by Crippen LogP contribution is 2.42. The number of nitrogens with two attached hydrogens (primary N) is 1. The normalized spacial score (nSPS) is 19.7. The molecule has 0 bridgehead atoms. The number of benzene rings is 2. The Kier molecular flexibility index (Phi) is 8.70. The van der Waals surface area contributed by atoms with Gasteiger partial charge in [0.1, 0.15) is 0 Å². The zero-order valence-corrected chi connectivity index (χ0v) is 21.5. The van der Waals surface area contributed by atoms with Crippen LogP contribution in [0.5, 0.6) is 0 Å². The lowest BCUT2D eigenvalue weighted by Crippen LogP contribution is -2.50. The van der Waals surface area contributed by atoms with Gasteiger partial charge in [0, 0.05) is 38.0 Å². The first kappa shape index (κ1) is 25.2. The number of piperidine rings is 1. The van der Waals surface area contributed by atoms with Gasteiger partial charge in [-0.15, -0.1) is 0 Å². The molecule has 184 valence electrons. The molecule has 1 saturated heterocycles. The number of thioether (sulfide) groups is 1. The Morgan fingerprint density at radius 3 is 2.29 bits per heavy atom. The second-order valence-corrected chi connectivity index (χ2v) is 10.8. The van der Waals surface area contributed by atoms with Crippen molar-refractivity contribution in [2.24, 2.45) is 11.7 Å². The van der Waals surface area contributed by atoms with Crippen LogP contribution in [0.4, 0.5) is 5.69 Å². The minimum absolute atomic E-state index is 0.0320. The summed E-state index contributed by atoms with van der Waals surface area (Å²) in [4.78, 5) is 2.51. The summed E-state index contributed by atoms with van der Waals surface area (Å²) in [6.07, 6.45) is 9.01. The Hall–Kier alpha value is -1.86. The van der Waals surface area contributed by atoms with Crippen molar-refractivity contribution >= 4 is 22.5 Å². The number of nitrogens with zero attached hydrogens (tertiary/aromatic N) is 1. The molecule has 4 N–H and O–H groups in total. The number of methoxy groups -OCH3 is 1. The van der Waals surface area contributed by atoms with Gasteiger partial charge in [-0.3, -0.25) is 5.41 Å². The second-order valence-electron chi connectivity index (χ2n) is 9.70. The predicted octanol–water partition coefficient (Wildman–Crippen LogP) is 5.69. The summed E-state index contributed by atoms with van der Waals surface area (Å²) in [5.41, 5.74) is 10.2. The minimum atomic E-state index is 0.0320. The molecule has 1 atom stereocenters. The SMILES string of the molecule is CNC(SC(=N)c1ccc(CN)cc1)c1ccc(N2CCC(OC)(C3CCCCC3)CC2)cc1. The van der Waals surface area contributed by atoms with Crippen LogP contribution in [0.3, 0.4) is 0 Å². The first-order chi connectivity index (χ1) is 16.6. The van der Waals surface area contributed by atoms with Gasteiger partial charge in [0.2, 0.25) is 0 Å². The molecule has 5 nitrogen and oxygen atoms in total. The first-order valence-corrected chi connectivity index (χ1v) is 13.6. The number of hydrogen-bond acceptors (Lipinski definition) is 6. The van der Waals surface area contributed by atoms with E-state index in [2.05, 4.69) is 34.5 Å². The fourth-order valence-electron chi connectivity index (χ4n) is 5.68. The van der Waals surface area contributed by atoms with E-state index in [1.165, 1.54) is 55.1 Å². The Labute approximate surface area is 209 Å². The van der Waals surface area contributed by atoms with Crippen LogP contribution in [0.2, 0.25) is 0 Å².